The summed E-state index contributed by atoms with van der Waals surface area (Å²) in [5.74, 6) is 0.576. The Balaban J connectivity index is 2.78. The van der Waals surface area contributed by atoms with E-state index in [2.05, 4.69) is 0 Å². The average Bonchev–Trinajstić information content (AvgIpc) is 2.34. The van der Waals surface area contributed by atoms with Crippen LogP contribution >= 0.6 is 0 Å². The van der Waals surface area contributed by atoms with Crippen molar-refractivity contribution in [1.29, 1.82) is 0 Å². The highest BCUT2D eigenvalue weighted by molar-refractivity contribution is 5.78. The van der Waals surface area contributed by atoms with Gasteiger partial charge in [0.1, 0.15) is 11.5 Å². The van der Waals surface area contributed by atoms with Crippen LogP contribution in [0.5, 0.6) is 11.5 Å². The number of benzene rings is 2. The van der Waals surface area contributed by atoms with E-state index in [1.54, 1.807) is 12.1 Å². The van der Waals surface area contributed by atoms with Gasteiger partial charge < -0.3 is 10.2 Å². The van der Waals surface area contributed by atoms with Crippen molar-refractivity contribution in [2.24, 2.45) is 0 Å². The molecule has 0 aliphatic rings. The van der Waals surface area contributed by atoms with Gasteiger partial charge in [0.2, 0.25) is 0 Å². The zero-order valence-corrected chi connectivity index (χ0v) is 11.2. The minimum Gasteiger partial charge on any atom is -0.508 e. The highest BCUT2D eigenvalue weighted by Gasteiger charge is 2.14. The molecule has 0 aliphatic heterocycles. The summed E-state index contributed by atoms with van der Waals surface area (Å²) in [5.41, 5.74) is 5.91. The number of aromatic hydroxyl groups is 2. The van der Waals surface area contributed by atoms with Gasteiger partial charge in [-0.15, -0.1) is 0 Å². The molecule has 2 heteroatoms. The van der Waals surface area contributed by atoms with Crippen LogP contribution in [0.2, 0.25) is 0 Å². The van der Waals surface area contributed by atoms with Crippen LogP contribution in [0.1, 0.15) is 22.3 Å². The third-order valence-electron chi connectivity index (χ3n) is 3.74. The van der Waals surface area contributed by atoms with E-state index in [0.29, 0.717) is 5.75 Å². The molecule has 0 amide bonds. The minimum atomic E-state index is 0.284. The van der Waals surface area contributed by atoms with Crippen LogP contribution in [0, 0.1) is 27.7 Å². The monoisotopic (exact) mass is 242 g/mol. The summed E-state index contributed by atoms with van der Waals surface area (Å²) < 4.78 is 0. The van der Waals surface area contributed by atoms with Crippen molar-refractivity contribution in [1.82, 2.24) is 0 Å². The number of phenols is 2. The number of rotatable bonds is 1. The van der Waals surface area contributed by atoms with Crippen LogP contribution in [0.25, 0.3) is 11.1 Å². The van der Waals surface area contributed by atoms with Crippen molar-refractivity contribution in [2.45, 2.75) is 27.7 Å². The van der Waals surface area contributed by atoms with Crippen LogP contribution in [-0.2, 0) is 0 Å². The van der Waals surface area contributed by atoms with E-state index in [-0.39, 0.29) is 5.75 Å². The topological polar surface area (TPSA) is 40.5 Å². The van der Waals surface area contributed by atoms with Crippen LogP contribution in [0.3, 0.4) is 0 Å². The molecule has 0 spiro atoms. The molecule has 0 radical (unpaired) electrons. The van der Waals surface area contributed by atoms with Gasteiger partial charge in [-0.25, -0.2) is 0 Å². The SMILES string of the molecule is Cc1ccc(O)c(-c2ccc(O)c(C)c2C)c1C. The second-order valence-corrected chi connectivity index (χ2v) is 4.78. The summed E-state index contributed by atoms with van der Waals surface area (Å²) in [5, 5.41) is 19.8. The molecule has 0 saturated carbocycles. The van der Waals surface area contributed by atoms with Crippen LogP contribution in [0.4, 0.5) is 0 Å². The Morgan fingerprint density at radius 3 is 1.94 bits per heavy atom. The van der Waals surface area contributed by atoms with E-state index in [1.165, 1.54) is 0 Å². The van der Waals surface area contributed by atoms with E-state index < -0.39 is 0 Å². The fraction of sp³-hybridized carbons (Fsp3) is 0.250. The Morgan fingerprint density at radius 2 is 1.28 bits per heavy atom. The van der Waals surface area contributed by atoms with E-state index in [4.69, 9.17) is 0 Å². The van der Waals surface area contributed by atoms with E-state index in [0.717, 1.165) is 33.4 Å². The zero-order valence-electron chi connectivity index (χ0n) is 11.2. The van der Waals surface area contributed by atoms with Gasteiger partial charge >= 0.3 is 0 Å². The summed E-state index contributed by atoms with van der Waals surface area (Å²) in [6, 6.07) is 7.17. The molecule has 94 valence electrons. The number of hydrogen-bond acceptors (Lipinski definition) is 2. The molecule has 18 heavy (non-hydrogen) atoms. The number of aryl methyl sites for hydroxylation is 1. The normalized spacial score (nSPS) is 10.7. The lowest BCUT2D eigenvalue weighted by Crippen LogP contribution is -1.93. The van der Waals surface area contributed by atoms with Gasteiger partial charge in [-0.2, -0.15) is 0 Å². The summed E-state index contributed by atoms with van der Waals surface area (Å²) in [4.78, 5) is 0. The van der Waals surface area contributed by atoms with Crippen LogP contribution < -0.4 is 0 Å². The van der Waals surface area contributed by atoms with E-state index in [9.17, 15) is 10.2 Å². The quantitative estimate of drug-likeness (QED) is 0.793. The maximum atomic E-state index is 10.1. The summed E-state index contributed by atoms with van der Waals surface area (Å²) in [7, 11) is 0. The molecule has 0 atom stereocenters. The Labute approximate surface area is 108 Å². The predicted octanol–water partition coefficient (Wildman–Crippen LogP) is 4.00. The van der Waals surface area contributed by atoms with Gasteiger partial charge in [-0.1, -0.05) is 12.1 Å². The molecule has 0 heterocycles. The molecule has 0 saturated heterocycles. The molecule has 0 aromatic heterocycles. The van der Waals surface area contributed by atoms with Crippen molar-refractivity contribution < 1.29 is 10.2 Å². The largest absolute Gasteiger partial charge is 0.508 e. The lowest BCUT2D eigenvalue weighted by molar-refractivity contribution is 0.470. The lowest BCUT2D eigenvalue weighted by atomic mass is 9.91. The summed E-state index contributed by atoms with van der Waals surface area (Å²) >= 11 is 0. The number of hydrogen-bond donors (Lipinski definition) is 2. The Morgan fingerprint density at radius 1 is 0.667 bits per heavy atom. The van der Waals surface area contributed by atoms with Gasteiger partial charge in [0.15, 0.2) is 0 Å². The first-order valence-corrected chi connectivity index (χ1v) is 6.02. The second kappa shape index (κ2) is 4.37. The molecular weight excluding hydrogens is 224 g/mol. The standard InChI is InChI=1S/C16H18O2/c1-9-5-7-15(18)16(10(9)2)13-6-8-14(17)12(4)11(13)3/h5-8,17-18H,1-4H3. The first-order valence-electron chi connectivity index (χ1n) is 6.02. The molecular formula is C16H18O2. The van der Waals surface area contributed by atoms with E-state index in [1.807, 2.05) is 39.8 Å². The lowest BCUT2D eigenvalue weighted by Gasteiger charge is -2.15. The third kappa shape index (κ3) is 1.84. The Bertz CT molecular complexity index is 613. The van der Waals surface area contributed by atoms with Gasteiger partial charge in [0.25, 0.3) is 0 Å². The van der Waals surface area contributed by atoms with Crippen LogP contribution in [0.15, 0.2) is 24.3 Å². The molecule has 0 aliphatic carbocycles. The Kier molecular flexibility index (Phi) is 3.04. The molecule has 0 fully saturated rings. The summed E-state index contributed by atoms with van der Waals surface area (Å²) in [6.07, 6.45) is 0. The van der Waals surface area contributed by atoms with Gasteiger partial charge in [0.05, 0.1) is 0 Å². The van der Waals surface area contributed by atoms with Crippen molar-refractivity contribution in [3.8, 4) is 22.6 Å². The number of phenolic OH excluding ortho intramolecular Hbond substituents is 2. The second-order valence-electron chi connectivity index (χ2n) is 4.78. The molecule has 2 aromatic rings. The molecule has 2 rings (SSSR count). The van der Waals surface area contributed by atoms with Crippen molar-refractivity contribution in [3.05, 3.63) is 46.5 Å². The third-order valence-corrected chi connectivity index (χ3v) is 3.74. The first kappa shape index (κ1) is 12.5. The molecule has 2 nitrogen and oxygen atoms in total. The van der Waals surface area contributed by atoms with Crippen LogP contribution in [-0.4, -0.2) is 10.2 Å². The molecule has 0 bridgehead atoms. The maximum absolute atomic E-state index is 10.1. The smallest absolute Gasteiger partial charge is 0.123 e. The minimum absolute atomic E-state index is 0.284. The van der Waals surface area contributed by atoms with Gasteiger partial charge in [-0.3, -0.25) is 0 Å². The Hall–Kier alpha value is -1.96. The predicted molar refractivity (Wildman–Crippen MR) is 74.2 cm³/mol. The van der Waals surface area contributed by atoms with Crippen molar-refractivity contribution in [3.63, 3.8) is 0 Å². The highest BCUT2D eigenvalue weighted by atomic mass is 16.3. The van der Waals surface area contributed by atoms with Crippen molar-refractivity contribution >= 4 is 0 Å². The van der Waals surface area contributed by atoms with E-state index >= 15 is 0 Å². The maximum Gasteiger partial charge on any atom is 0.123 e. The zero-order chi connectivity index (χ0) is 13.4. The fourth-order valence-corrected chi connectivity index (χ4v) is 2.22. The summed E-state index contributed by atoms with van der Waals surface area (Å²) in [6.45, 7) is 7.88. The molecule has 0 unspecified atom stereocenters. The van der Waals surface area contributed by atoms with Crippen molar-refractivity contribution in [2.75, 3.05) is 0 Å². The molecule has 2 aromatic carbocycles. The fourth-order valence-electron chi connectivity index (χ4n) is 2.22. The molecule has 2 N–H and O–H groups in total. The first-order chi connectivity index (χ1) is 8.43. The van der Waals surface area contributed by atoms with Gasteiger partial charge in [0, 0.05) is 5.56 Å². The van der Waals surface area contributed by atoms with Gasteiger partial charge in [-0.05, 0) is 67.6 Å². The average molecular weight is 242 g/mol. The highest BCUT2D eigenvalue weighted by Crippen LogP contribution is 2.38.